The van der Waals surface area contributed by atoms with E-state index in [1.807, 2.05) is 23.1 Å². The molecule has 1 saturated heterocycles. The van der Waals surface area contributed by atoms with E-state index in [0.29, 0.717) is 30.8 Å². The Morgan fingerprint density at radius 3 is 2.14 bits per heavy atom. The predicted octanol–water partition coefficient (Wildman–Crippen LogP) is 3.57. The maximum absolute atomic E-state index is 12.8. The summed E-state index contributed by atoms with van der Waals surface area (Å²) in [6.07, 6.45) is 3.24. The number of amides is 2. The monoisotopic (exact) mass is 379 g/mol. The number of hydrogen-bond donors (Lipinski definition) is 1. The Labute approximate surface area is 167 Å². The zero-order chi connectivity index (χ0) is 19.8. The van der Waals surface area contributed by atoms with Gasteiger partial charge in [0.2, 0.25) is 0 Å². The molecule has 1 fully saturated rings. The van der Waals surface area contributed by atoms with E-state index in [0.717, 1.165) is 32.4 Å². The first kappa shape index (κ1) is 19.9. The summed E-state index contributed by atoms with van der Waals surface area (Å²) in [5.74, 6) is -0.0470. The molecule has 1 aliphatic heterocycles. The van der Waals surface area contributed by atoms with Crippen LogP contribution in [0.2, 0.25) is 0 Å². The van der Waals surface area contributed by atoms with Crippen molar-refractivity contribution in [1.82, 2.24) is 10.2 Å². The lowest BCUT2D eigenvalue weighted by molar-refractivity contribution is 0.0746. The molecule has 28 heavy (non-hydrogen) atoms. The lowest BCUT2D eigenvalue weighted by atomic mass is 10.1. The number of piperazine rings is 1. The van der Waals surface area contributed by atoms with Gasteiger partial charge in [-0.3, -0.25) is 9.59 Å². The fraction of sp³-hybridized carbons (Fsp3) is 0.391. The first-order valence-corrected chi connectivity index (χ1v) is 10.2. The highest BCUT2D eigenvalue weighted by Gasteiger charge is 2.22. The molecule has 2 aromatic rings. The highest BCUT2D eigenvalue weighted by atomic mass is 16.2. The standard InChI is InChI=1S/C23H29N3O2/c1-2-3-7-14-24-22(27)19-10-12-20(13-11-19)23(28)26-17-15-25(16-18-26)21-8-5-4-6-9-21/h4-6,8-13H,2-3,7,14-18H2,1H3,(H,24,27). The second-order valence-corrected chi connectivity index (χ2v) is 7.16. The molecule has 5 heteroatoms. The molecule has 1 heterocycles. The first-order chi connectivity index (χ1) is 13.7. The van der Waals surface area contributed by atoms with Crippen molar-refractivity contribution in [2.75, 3.05) is 37.6 Å². The maximum atomic E-state index is 12.8. The van der Waals surface area contributed by atoms with Crippen LogP contribution < -0.4 is 10.2 Å². The molecule has 0 atom stereocenters. The minimum atomic E-state index is -0.0772. The van der Waals surface area contributed by atoms with Gasteiger partial charge in [0.15, 0.2) is 0 Å². The van der Waals surface area contributed by atoms with E-state index in [9.17, 15) is 9.59 Å². The number of carbonyl (C=O) groups is 2. The number of rotatable bonds is 7. The summed E-state index contributed by atoms with van der Waals surface area (Å²) in [6.45, 7) is 5.89. The molecule has 0 radical (unpaired) electrons. The topological polar surface area (TPSA) is 52.7 Å². The van der Waals surface area contributed by atoms with Crippen molar-refractivity contribution >= 4 is 17.5 Å². The van der Waals surface area contributed by atoms with Crippen molar-refractivity contribution in [3.05, 3.63) is 65.7 Å². The van der Waals surface area contributed by atoms with Gasteiger partial charge in [0.25, 0.3) is 11.8 Å². The fourth-order valence-corrected chi connectivity index (χ4v) is 3.43. The number of para-hydroxylation sites is 1. The third kappa shape index (κ3) is 5.12. The van der Waals surface area contributed by atoms with E-state index in [1.165, 1.54) is 5.69 Å². The summed E-state index contributed by atoms with van der Waals surface area (Å²) >= 11 is 0. The molecule has 3 rings (SSSR count). The van der Waals surface area contributed by atoms with Crippen molar-refractivity contribution in [3.8, 4) is 0 Å². The molecule has 0 bridgehead atoms. The van der Waals surface area contributed by atoms with E-state index in [2.05, 4.69) is 29.3 Å². The van der Waals surface area contributed by atoms with E-state index < -0.39 is 0 Å². The summed E-state index contributed by atoms with van der Waals surface area (Å²) < 4.78 is 0. The zero-order valence-corrected chi connectivity index (χ0v) is 16.6. The quantitative estimate of drug-likeness (QED) is 0.749. The van der Waals surface area contributed by atoms with Crippen LogP contribution >= 0.6 is 0 Å². The number of nitrogens with one attached hydrogen (secondary N) is 1. The highest BCUT2D eigenvalue weighted by Crippen LogP contribution is 2.17. The number of carbonyl (C=O) groups excluding carboxylic acids is 2. The number of unbranched alkanes of at least 4 members (excludes halogenated alkanes) is 2. The molecule has 148 valence electrons. The van der Waals surface area contributed by atoms with Gasteiger partial charge >= 0.3 is 0 Å². The van der Waals surface area contributed by atoms with Gasteiger partial charge in [-0.1, -0.05) is 38.0 Å². The second kappa shape index (κ2) is 9.93. The molecule has 0 saturated carbocycles. The van der Waals surface area contributed by atoms with Crippen molar-refractivity contribution in [2.45, 2.75) is 26.2 Å². The van der Waals surface area contributed by atoms with Crippen LogP contribution in [-0.2, 0) is 0 Å². The van der Waals surface area contributed by atoms with Gasteiger partial charge in [-0.2, -0.15) is 0 Å². The van der Waals surface area contributed by atoms with Crippen molar-refractivity contribution in [2.24, 2.45) is 0 Å². The number of nitrogens with zero attached hydrogens (tertiary/aromatic N) is 2. The van der Waals surface area contributed by atoms with Crippen LogP contribution in [0.1, 0.15) is 46.9 Å². The maximum Gasteiger partial charge on any atom is 0.253 e. The Kier molecular flexibility index (Phi) is 7.06. The third-order valence-electron chi connectivity index (χ3n) is 5.15. The van der Waals surface area contributed by atoms with Crippen LogP contribution in [0, 0.1) is 0 Å². The molecular formula is C23H29N3O2. The summed E-state index contributed by atoms with van der Waals surface area (Å²) in [7, 11) is 0. The smallest absolute Gasteiger partial charge is 0.253 e. The second-order valence-electron chi connectivity index (χ2n) is 7.16. The van der Waals surface area contributed by atoms with Gasteiger partial charge in [-0.15, -0.1) is 0 Å². The van der Waals surface area contributed by atoms with Gasteiger partial charge < -0.3 is 15.1 Å². The minimum Gasteiger partial charge on any atom is -0.368 e. The van der Waals surface area contributed by atoms with Gasteiger partial charge in [0, 0.05) is 49.5 Å². The van der Waals surface area contributed by atoms with Crippen LogP contribution in [0.25, 0.3) is 0 Å². The van der Waals surface area contributed by atoms with Crippen LogP contribution in [0.3, 0.4) is 0 Å². The largest absolute Gasteiger partial charge is 0.368 e. The zero-order valence-electron chi connectivity index (χ0n) is 16.6. The Morgan fingerprint density at radius 2 is 1.50 bits per heavy atom. The normalized spacial score (nSPS) is 14.0. The van der Waals surface area contributed by atoms with Crippen LogP contribution in [0.4, 0.5) is 5.69 Å². The van der Waals surface area contributed by atoms with Crippen molar-refractivity contribution in [1.29, 1.82) is 0 Å². The Balaban J connectivity index is 1.51. The van der Waals surface area contributed by atoms with Crippen molar-refractivity contribution < 1.29 is 9.59 Å². The van der Waals surface area contributed by atoms with Gasteiger partial charge in [-0.25, -0.2) is 0 Å². The lowest BCUT2D eigenvalue weighted by Gasteiger charge is -2.36. The molecule has 1 N–H and O–H groups in total. The third-order valence-corrected chi connectivity index (χ3v) is 5.15. The Bertz CT molecular complexity index is 766. The predicted molar refractivity (Wildman–Crippen MR) is 113 cm³/mol. The summed E-state index contributed by atoms with van der Waals surface area (Å²) in [6, 6.07) is 17.3. The van der Waals surface area contributed by atoms with Crippen LogP contribution in [0.5, 0.6) is 0 Å². The molecular weight excluding hydrogens is 350 g/mol. The average Bonchev–Trinajstić information content (AvgIpc) is 2.77. The van der Waals surface area contributed by atoms with Crippen LogP contribution in [-0.4, -0.2) is 49.4 Å². The Hall–Kier alpha value is -2.82. The van der Waals surface area contributed by atoms with Crippen molar-refractivity contribution in [3.63, 3.8) is 0 Å². The average molecular weight is 380 g/mol. The molecule has 0 unspecified atom stereocenters. The lowest BCUT2D eigenvalue weighted by Crippen LogP contribution is -2.48. The highest BCUT2D eigenvalue weighted by molar-refractivity contribution is 5.97. The minimum absolute atomic E-state index is 0.0302. The summed E-state index contributed by atoms with van der Waals surface area (Å²) in [4.78, 5) is 29.1. The molecule has 0 spiro atoms. The number of anilines is 1. The van der Waals surface area contributed by atoms with Crippen LogP contribution in [0.15, 0.2) is 54.6 Å². The Morgan fingerprint density at radius 1 is 0.857 bits per heavy atom. The summed E-state index contributed by atoms with van der Waals surface area (Å²) in [5, 5.41) is 2.93. The molecule has 2 amide bonds. The summed E-state index contributed by atoms with van der Waals surface area (Å²) in [5.41, 5.74) is 2.43. The van der Waals surface area contributed by atoms with Gasteiger partial charge in [-0.05, 0) is 42.8 Å². The SMILES string of the molecule is CCCCCNC(=O)c1ccc(C(=O)N2CCN(c3ccccc3)CC2)cc1. The molecule has 0 aliphatic carbocycles. The van der Waals surface area contributed by atoms with E-state index in [1.54, 1.807) is 24.3 Å². The number of hydrogen-bond acceptors (Lipinski definition) is 3. The van der Waals surface area contributed by atoms with E-state index >= 15 is 0 Å². The number of benzene rings is 2. The van der Waals surface area contributed by atoms with Gasteiger partial charge in [0.1, 0.15) is 0 Å². The first-order valence-electron chi connectivity index (χ1n) is 10.2. The molecule has 1 aliphatic rings. The molecule has 2 aromatic carbocycles. The fourth-order valence-electron chi connectivity index (χ4n) is 3.43. The molecule has 0 aromatic heterocycles. The molecule has 5 nitrogen and oxygen atoms in total. The van der Waals surface area contributed by atoms with Gasteiger partial charge in [0.05, 0.1) is 0 Å². The van der Waals surface area contributed by atoms with E-state index in [4.69, 9.17) is 0 Å². The van der Waals surface area contributed by atoms with E-state index in [-0.39, 0.29) is 11.8 Å².